The van der Waals surface area contributed by atoms with Crippen LogP contribution >= 0.6 is 0 Å². The highest BCUT2D eigenvalue weighted by Gasteiger charge is 2.29. The van der Waals surface area contributed by atoms with Gasteiger partial charge in [0.15, 0.2) is 0 Å². The van der Waals surface area contributed by atoms with E-state index in [1.165, 1.54) is 69.7 Å². The molecule has 0 unspecified atom stereocenters. The summed E-state index contributed by atoms with van der Waals surface area (Å²) in [5, 5.41) is 10.9. The smallest absolute Gasteiger partial charge is 0.317 e. The second-order valence-corrected chi connectivity index (χ2v) is 8.01. The maximum absolute atomic E-state index is 11.9. The highest BCUT2D eigenvalue weighted by atomic mass is 16.2. The molecule has 7 nitrogen and oxygen atoms in total. The monoisotopic (exact) mass is 360 g/mol. The third-order valence-corrected chi connectivity index (χ3v) is 6.34. The number of urea groups is 1. The van der Waals surface area contributed by atoms with Gasteiger partial charge in [0, 0.05) is 50.9 Å². The van der Waals surface area contributed by atoms with Crippen molar-refractivity contribution in [2.24, 2.45) is 5.92 Å². The molecule has 144 valence electrons. The molecule has 3 aliphatic heterocycles. The number of fused-ring (bicyclic) bond motifs is 1. The van der Waals surface area contributed by atoms with Crippen LogP contribution in [0.1, 0.15) is 43.0 Å². The number of nitrogens with one attached hydrogen (secondary N) is 2. The molecule has 2 N–H and O–H groups in total. The van der Waals surface area contributed by atoms with Crippen molar-refractivity contribution in [2.45, 2.75) is 44.7 Å². The molecule has 2 saturated heterocycles. The van der Waals surface area contributed by atoms with Gasteiger partial charge in [-0.05, 0) is 44.7 Å². The van der Waals surface area contributed by atoms with Gasteiger partial charge in [-0.1, -0.05) is 0 Å². The van der Waals surface area contributed by atoms with Gasteiger partial charge in [-0.25, -0.2) is 4.79 Å². The number of likely N-dealkylation sites (tertiary alicyclic amines) is 1. The third kappa shape index (κ3) is 3.74. The summed E-state index contributed by atoms with van der Waals surface area (Å²) >= 11 is 0. The van der Waals surface area contributed by atoms with E-state index < -0.39 is 0 Å². The van der Waals surface area contributed by atoms with Crippen molar-refractivity contribution in [1.82, 2.24) is 30.2 Å². The van der Waals surface area contributed by atoms with Crippen molar-refractivity contribution in [3.63, 3.8) is 0 Å². The summed E-state index contributed by atoms with van der Waals surface area (Å²) in [5.74, 6) is 0.876. The molecule has 3 aliphatic rings. The van der Waals surface area contributed by atoms with Crippen molar-refractivity contribution in [1.29, 1.82) is 0 Å². The third-order valence-electron chi connectivity index (χ3n) is 6.34. The zero-order chi connectivity index (χ0) is 17.9. The van der Waals surface area contributed by atoms with Crippen LogP contribution in [0.25, 0.3) is 0 Å². The highest BCUT2D eigenvalue weighted by molar-refractivity contribution is 5.74. The van der Waals surface area contributed by atoms with Gasteiger partial charge in [0.25, 0.3) is 0 Å². The number of piperidine rings is 2. The van der Waals surface area contributed by atoms with Crippen LogP contribution in [0.4, 0.5) is 4.79 Å². The molecular formula is C19H32N6O. The SMILES string of the molecule is CNC(=O)N1CCc2c(cnn2C2CCN(CC3CCNCC3)CC2)C1. The maximum atomic E-state index is 11.9. The average molecular weight is 361 g/mol. The number of carbonyl (C=O) groups is 1. The molecular weight excluding hydrogens is 328 g/mol. The van der Waals surface area contributed by atoms with Gasteiger partial charge in [0.05, 0.1) is 18.8 Å². The summed E-state index contributed by atoms with van der Waals surface area (Å²) < 4.78 is 2.28. The summed E-state index contributed by atoms with van der Waals surface area (Å²) in [4.78, 5) is 16.4. The van der Waals surface area contributed by atoms with Crippen LogP contribution in [0.5, 0.6) is 0 Å². The molecule has 4 heterocycles. The number of hydrogen-bond acceptors (Lipinski definition) is 4. The lowest BCUT2D eigenvalue weighted by molar-refractivity contribution is 0.144. The van der Waals surface area contributed by atoms with E-state index in [0.717, 1.165) is 18.9 Å². The molecule has 0 atom stereocenters. The molecule has 0 aliphatic carbocycles. The van der Waals surface area contributed by atoms with E-state index in [4.69, 9.17) is 5.10 Å². The molecule has 1 aromatic rings. The van der Waals surface area contributed by atoms with E-state index in [2.05, 4.69) is 20.2 Å². The van der Waals surface area contributed by atoms with Crippen LogP contribution in [-0.2, 0) is 13.0 Å². The number of nitrogens with zero attached hydrogens (tertiary/aromatic N) is 4. The van der Waals surface area contributed by atoms with Gasteiger partial charge in [0.1, 0.15) is 0 Å². The number of amides is 2. The fourth-order valence-corrected chi connectivity index (χ4v) is 4.78. The average Bonchev–Trinajstić information content (AvgIpc) is 3.12. The largest absolute Gasteiger partial charge is 0.341 e. The predicted octanol–water partition coefficient (Wildman–Crippen LogP) is 1.22. The molecule has 1 aromatic heterocycles. The summed E-state index contributed by atoms with van der Waals surface area (Å²) in [6.07, 6.45) is 7.93. The minimum absolute atomic E-state index is 0.00891. The van der Waals surface area contributed by atoms with Crippen LogP contribution in [0, 0.1) is 5.92 Å². The first-order valence-electron chi connectivity index (χ1n) is 10.2. The quantitative estimate of drug-likeness (QED) is 0.851. The Morgan fingerprint density at radius 2 is 2.00 bits per heavy atom. The lowest BCUT2D eigenvalue weighted by Gasteiger charge is -2.36. The molecule has 0 bridgehead atoms. The molecule has 0 saturated carbocycles. The normalized spacial score (nSPS) is 23.0. The minimum atomic E-state index is 0.00891. The van der Waals surface area contributed by atoms with Gasteiger partial charge in [-0.3, -0.25) is 4.68 Å². The topological polar surface area (TPSA) is 65.4 Å². The Morgan fingerprint density at radius 3 is 2.73 bits per heavy atom. The first kappa shape index (κ1) is 17.8. The number of carbonyl (C=O) groups excluding carboxylic acids is 1. The van der Waals surface area contributed by atoms with Crippen LogP contribution in [0.2, 0.25) is 0 Å². The fraction of sp³-hybridized carbons (Fsp3) is 0.789. The van der Waals surface area contributed by atoms with E-state index in [9.17, 15) is 4.79 Å². The standard InChI is InChI=1S/C19H32N6O/c1-20-19(26)24-11-6-18-16(14-24)12-22-25(18)17-4-9-23(10-5-17)13-15-2-7-21-8-3-15/h12,15,17,21H,2-11,13-14H2,1H3,(H,20,26). The molecule has 2 amide bonds. The van der Waals surface area contributed by atoms with Crippen LogP contribution in [0.3, 0.4) is 0 Å². The van der Waals surface area contributed by atoms with Crippen LogP contribution in [-0.4, -0.2) is 71.9 Å². The summed E-state index contributed by atoms with van der Waals surface area (Å²) in [7, 11) is 1.69. The van der Waals surface area contributed by atoms with Crippen molar-refractivity contribution >= 4 is 6.03 Å². The Bertz CT molecular complexity index is 616. The van der Waals surface area contributed by atoms with E-state index in [-0.39, 0.29) is 6.03 Å². The zero-order valence-electron chi connectivity index (χ0n) is 15.9. The van der Waals surface area contributed by atoms with Gasteiger partial charge in [0.2, 0.25) is 0 Å². The highest BCUT2D eigenvalue weighted by Crippen LogP contribution is 2.28. The first-order chi connectivity index (χ1) is 12.7. The molecule has 2 fully saturated rings. The maximum Gasteiger partial charge on any atom is 0.317 e. The number of aromatic nitrogens is 2. The van der Waals surface area contributed by atoms with Crippen molar-refractivity contribution in [2.75, 3.05) is 46.3 Å². The predicted molar refractivity (Wildman–Crippen MR) is 101 cm³/mol. The minimum Gasteiger partial charge on any atom is -0.341 e. The summed E-state index contributed by atoms with van der Waals surface area (Å²) in [5.41, 5.74) is 2.57. The Labute approximate surface area is 156 Å². The fourth-order valence-electron chi connectivity index (χ4n) is 4.78. The second kappa shape index (κ2) is 7.96. The Hall–Kier alpha value is -1.60. The lowest BCUT2D eigenvalue weighted by Crippen LogP contribution is -2.42. The second-order valence-electron chi connectivity index (χ2n) is 8.01. The molecule has 26 heavy (non-hydrogen) atoms. The molecule has 7 heteroatoms. The van der Waals surface area contributed by atoms with Crippen molar-refractivity contribution < 1.29 is 4.79 Å². The Balaban J connectivity index is 1.33. The number of rotatable bonds is 3. The van der Waals surface area contributed by atoms with Crippen LogP contribution in [0.15, 0.2) is 6.20 Å². The molecule has 4 rings (SSSR count). The number of hydrogen-bond donors (Lipinski definition) is 2. The van der Waals surface area contributed by atoms with Gasteiger partial charge in [-0.15, -0.1) is 0 Å². The Kier molecular flexibility index (Phi) is 5.45. The van der Waals surface area contributed by atoms with Gasteiger partial charge in [-0.2, -0.15) is 5.10 Å². The van der Waals surface area contributed by atoms with Crippen molar-refractivity contribution in [3.8, 4) is 0 Å². The summed E-state index contributed by atoms with van der Waals surface area (Å²) in [6, 6.07) is 0.532. The molecule has 0 radical (unpaired) electrons. The molecule has 0 aromatic carbocycles. The zero-order valence-corrected chi connectivity index (χ0v) is 15.9. The van der Waals surface area contributed by atoms with Crippen LogP contribution < -0.4 is 10.6 Å². The van der Waals surface area contributed by atoms with Gasteiger partial charge < -0.3 is 20.4 Å². The Morgan fingerprint density at radius 1 is 1.23 bits per heavy atom. The molecule has 0 spiro atoms. The van der Waals surface area contributed by atoms with E-state index >= 15 is 0 Å². The van der Waals surface area contributed by atoms with Gasteiger partial charge >= 0.3 is 6.03 Å². The van der Waals surface area contributed by atoms with E-state index in [0.29, 0.717) is 12.6 Å². The van der Waals surface area contributed by atoms with Crippen molar-refractivity contribution in [3.05, 3.63) is 17.5 Å². The summed E-state index contributed by atoms with van der Waals surface area (Å²) in [6.45, 7) is 7.49. The first-order valence-corrected chi connectivity index (χ1v) is 10.2. The van der Waals surface area contributed by atoms with E-state index in [1.807, 2.05) is 11.1 Å². The lowest BCUT2D eigenvalue weighted by atomic mass is 9.95. The van der Waals surface area contributed by atoms with E-state index in [1.54, 1.807) is 7.05 Å².